The SMILES string of the molecule is Nc1cscc1-c1ccc(Cl)cc1. The third kappa shape index (κ3) is 1.69. The Labute approximate surface area is 85.8 Å². The zero-order valence-electron chi connectivity index (χ0n) is 6.83. The number of nitrogens with two attached hydrogens (primary N) is 1. The summed E-state index contributed by atoms with van der Waals surface area (Å²) in [4.78, 5) is 0. The molecule has 3 heteroatoms. The van der Waals surface area contributed by atoms with E-state index in [0.29, 0.717) is 0 Å². The first-order valence-electron chi connectivity index (χ1n) is 3.85. The second kappa shape index (κ2) is 3.40. The van der Waals surface area contributed by atoms with E-state index in [1.807, 2.05) is 35.0 Å². The molecule has 0 fully saturated rings. The Bertz CT molecular complexity index is 405. The summed E-state index contributed by atoms with van der Waals surface area (Å²) in [7, 11) is 0. The molecule has 0 aliphatic carbocycles. The summed E-state index contributed by atoms with van der Waals surface area (Å²) in [6.45, 7) is 0. The Kier molecular flexibility index (Phi) is 2.25. The average Bonchev–Trinajstić information content (AvgIpc) is 2.53. The van der Waals surface area contributed by atoms with Gasteiger partial charge < -0.3 is 5.73 Å². The minimum atomic E-state index is 0.748. The van der Waals surface area contributed by atoms with E-state index in [2.05, 4.69) is 0 Å². The summed E-state index contributed by atoms with van der Waals surface area (Å²) in [6, 6.07) is 7.68. The molecule has 1 aromatic carbocycles. The Morgan fingerprint density at radius 1 is 1.08 bits per heavy atom. The van der Waals surface area contributed by atoms with Crippen molar-refractivity contribution in [3.05, 3.63) is 40.0 Å². The fourth-order valence-electron chi connectivity index (χ4n) is 1.17. The van der Waals surface area contributed by atoms with Crippen molar-refractivity contribution in [2.75, 3.05) is 5.73 Å². The molecule has 2 rings (SSSR count). The lowest BCUT2D eigenvalue weighted by Gasteiger charge is -1.99. The van der Waals surface area contributed by atoms with Crippen molar-refractivity contribution in [1.29, 1.82) is 0 Å². The summed E-state index contributed by atoms with van der Waals surface area (Å²) in [5.74, 6) is 0. The topological polar surface area (TPSA) is 26.0 Å². The fraction of sp³-hybridized carbons (Fsp3) is 0. The molecule has 0 amide bonds. The van der Waals surface area contributed by atoms with Crippen LogP contribution in [-0.2, 0) is 0 Å². The van der Waals surface area contributed by atoms with Crippen LogP contribution in [0.1, 0.15) is 0 Å². The number of hydrogen-bond donors (Lipinski definition) is 1. The summed E-state index contributed by atoms with van der Waals surface area (Å²) in [5.41, 5.74) is 8.81. The van der Waals surface area contributed by atoms with Crippen molar-refractivity contribution < 1.29 is 0 Å². The van der Waals surface area contributed by atoms with Gasteiger partial charge >= 0.3 is 0 Å². The number of halogens is 1. The van der Waals surface area contributed by atoms with Gasteiger partial charge in [-0.3, -0.25) is 0 Å². The highest BCUT2D eigenvalue weighted by Gasteiger charge is 2.02. The highest BCUT2D eigenvalue weighted by Crippen LogP contribution is 2.29. The van der Waals surface area contributed by atoms with E-state index in [-0.39, 0.29) is 0 Å². The Hall–Kier alpha value is -0.990. The van der Waals surface area contributed by atoms with E-state index in [9.17, 15) is 0 Å². The lowest BCUT2D eigenvalue weighted by molar-refractivity contribution is 1.67. The number of anilines is 1. The normalized spacial score (nSPS) is 10.2. The van der Waals surface area contributed by atoms with Crippen LogP contribution in [0, 0.1) is 0 Å². The van der Waals surface area contributed by atoms with Crippen LogP contribution in [0.4, 0.5) is 5.69 Å². The monoisotopic (exact) mass is 209 g/mol. The first-order chi connectivity index (χ1) is 6.27. The number of nitrogen functional groups attached to an aromatic ring is 1. The maximum atomic E-state index is 5.79. The third-order valence-corrected chi connectivity index (χ3v) is 2.86. The zero-order valence-corrected chi connectivity index (χ0v) is 8.40. The molecule has 0 radical (unpaired) electrons. The Morgan fingerprint density at radius 3 is 2.31 bits per heavy atom. The van der Waals surface area contributed by atoms with Crippen LogP contribution in [0.25, 0.3) is 11.1 Å². The third-order valence-electron chi connectivity index (χ3n) is 1.85. The van der Waals surface area contributed by atoms with Gasteiger partial charge in [0.05, 0.1) is 5.69 Å². The maximum Gasteiger partial charge on any atom is 0.0502 e. The van der Waals surface area contributed by atoms with Crippen molar-refractivity contribution in [2.45, 2.75) is 0 Å². The zero-order chi connectivity index (χ0) is 9.26. The van der Waals surface area contributed by atoms with Crippen LogP contribution in [0.2, 0.25) is 5.02 Å². The molecule has 0 aliphatic heterocycles. The van der Waals surface area contributed by atoms with Gasteiger partial charge in [-0.15, -0.1) is 11.3 Å². The van der Waals surface area contributed by atoms with Crippen LogP contribution < -0.4 is 5.73 Å². The number of thiophene rings is 1. The van der Waals surface area contributed by atoms with Gasteiger partial charge in [-0.25, -0.2) is 0 Å². The highest BCUT2D eigenvalue weighted by molar-refractivity contribution is 7.08. The standard InChI is InChI=1S/C10H8ClNS/c11-8-3-1-7(2-4-8)9-5-13-6-10(9)12/h1-6H,12H2. The first-order valence-corrected chi connectivity index (χ1v) is 5.17. The van der Waals surface area contributed by atoms with Gasteiger partial charge in [0.1, 0.15) is 0 Å². The second-order valence-corrected chi connectivity index (χ2v) is 3.93. The molecule has 66 valence electrons. The van der Waals surface area contributed by atoms with Gasteiger partial charge in [-0.2, -0.15) is 0 Å². The van der Waals surface area contributed by atoms with E-state index in [0.717, 1.165) is 21.8 Å². The van der Waals surface area contributed by atoms with Crippen LogP contribution >= 0.6 is 22.9 Å². The quantitative estimate of drug-likeness (QED) is 0.763. The molecule has 13 heavy (non-hydrogen) atoms. The molecule has 2 N–H and O–H groups in total. The highest BCUT2D eigenvalue weighted by atomic mass is 35.5. The van der Waals surface area contributed by atoms with Crippen molar-refractivity contribution in [3.8, 4) is 11.1 Å². The van der Waals surface area contributed by atoms with Crippen molar-refractivity contribution in [2.24, 2.45) is 0 Å². The molecule has 2 aromatic rings. The maximum absolute atomic E-state index is 5.79. The molecule has 1 heterocycles. The summed E-state index contributed by atoms with van der Waals surface area (Å²) >= 11 is 7.39. The minimum Gasteiger partial charge on any atom is -0.398 e. The van der Waals surface area contributed by atoms with Gasteiger partial charge in [-0.05, 0) is 17.7 Å². The molecule has 0 spiro atoms. The second-order valence-electron chi connectivity index (χ2n) is 2.75. The lowest BCUT2D eigenvalue weighted by atomic mass is 10.1. The van der Waals surface area contributed by atoms with E-state index in [1.165, 1.54) is 0 Å². The molecule has 0 saturated carbocycles. The lowest BCUT2D eigenvalue weighted by Crippen LogP contribution is -1.83. The first kappa shape index (κ1) is 8.60. The molecular formula is C10H8ClNS. The number of hydrogen-bond acceptors (Lipinski definition) is 2. The largest absolute Gasteiger partial charge is 0.398 e. The Balaban J connectivity index is 2.47. The Morgan fingerprint density at radius 2 is 1.77 bits per heavy atom. The van der Waals surface area contributed by atoms with E-state index >= 15 is 0 Å². The predicted octanol–water partition coefficient (Wildman–Crippen LogP) is 3.65. The predicted molar refractivity (Wildman–Crippen MR) is 59.2 cm³/mol. The summed E-state index contributed by atoms with van der Waals surface area (Å²) < 4.78 is 0. The van der Waals surface area contributed by atoms with Crippen LogP contribution in [0.3, 0.4) is 0 Å². The number of rotatable bonds is 1. The van der Waals surface area contributed by atoms with Gasteiger partial charge in [0, 0.05) is 21.3 Å². The van der Waals surface area contributed by atoms with Crippen LogP contribution in [0.5, 0.6) is 0 Å². The van der Waals surface area contributed by atoms with Crippen molar-refractivity contribution in [3.63, 3.8) is 0 Å². The molecular weight excluding hydrogens is 202 g/mol. The number of benzene rings is 1. The van der Waals surface area contributed by atoms with E-state index in [1.54, 1.807) is 11.3 Å². The summed E-state index contributed by atoms with van der Waals surface area (Å²) in [5, 5.41) is 4.72. The molecule has 0 bridgehead atoms. The molecule has 1 aromatic heterocycles. The van der Waals surface area contributed by atoms with Gasteiger partial charge in [0.2, 0.25) is 0 Å². The van der Waals surface area contributed by atoms with Gasteiger partial charge in [-0.1, -0.05) is 23.7 Å². The molecule has 0 aliphatic rings. The van der Waals surface area contributed by atoms with Crippen LogP contribution in [-0.4, -0.2) is 0 Å². The van der Waals surface area contributed by atoms with E-state index < -0.39 is 0 Å². The smallest absolute Gasteiger partial charge is 0.0502 e. The molecule has 1 nitrogen and oxygen atoms in total. The van der Waals surface area contributed by atoms with Crippen LogP contribution in [0.15, 0.2) is 35.0 Å². The minimum absolute atomic E-state index is 0.748. The summed E-state index contributed by atoms with van der Waals surface area (Å²) in [6.07, 6.45) is 0. The fourth-order valence-corrected chi connectivity index (χ4v) is 2.05. The molecule has 0 saturated heterocycles. The average molecular weight is 210 g/mol. The van der Waals surface area contributed by atoms with Crippen molar-refractivity contribution >= 4 is 28.6 Å². The molecule has 0 unspecified atom stereocenters. The van der Waals surface area contributed by atoms with Gasteiger partial charge in [0.15, 0.2) is 0 Å². The molecule has 0 atom stereocenters. The van der Waals surface area contributed by atoms with E-state index in [4.69, 9.17) is 17.3 Å². The van der Waals surface area contributed by atoms with Crippen molar-refractivity contribution in [1.82, 2.24) is 0 Å². The van der Waals surface area contributed by atoms with Gasteiger partial charge in [0.25, 0.3) is 0 Å².